The first-order valence-electron chi connectivity index (χ1n) is 5.65. The second kappa shape index (κ2) is 6.26. The summed E-state index contributed by atoms with van der Waals surface area (Å²) in [5.41, 5.74) is 1.26. The second-order valence-electron chi connectivity index (χ2n) is 3.77. The number of rotatable bonds is 4. The molecule has 86 valence electrons. The molecule has 0 saturated heterocycles. The predicted octanol–water partition coefficient (Wildman–Crippen LogP) is 3.32. The number of hydrogen-bond acceptors (Lipinski definition) is 1. The third kappa shape index (κ3) is 3.75. The van der Waals surface area contributed by atoms with Crippen LogP contribution in [0.2, 0.25) is 0 Å². The number of aryl methyl sites for hydroxylation is 1. The summed E-state index contributed by atoms with van der Waals surface area (Å²) in [6.45, 7) is 0. The minimum atomic E-state index is 0.993. The lowest BCUT2D eigenvalue weighted by Gasteiger charge is -1.96. The van der Waals surface area contributed by atoms with E-state index in [1.165, 1.54) is 10.6 Å². The first-order valence-corrected chi connectivity index (χ1v) is 6.64. The Kier molecular flexibility index (Phi) is 4.39. The van der Waals surface area contributed by atoms with Gasteiger partial charge in [-0.25, -0.2) is 0 Å². The fourth-order valence-electron chi connectivity index (χ4n) is 1.54. The second-order valence-corrected chi connectivity index (χ2v) is 4.81. The van der Waals surface area contributed by atoms with E-state index in [9.17, 15) is 0 Å². The molecule has 0 radical (unpaired) electrons. The molecule has 1 aromatic carbocycles. The van der Waals surface area contributed by atoms with Crippen molar-refractivity contribution in [1.29, 1.82) is 0 Å². The molecular weight excluding hydrogens is 226 g/mol. The predicted molar refractivity (Wildman–Crippen MR) is 73.8 cm³/mol. The van der Waals surface area contributed by atoms with E-state index in [0.29, 0.717) is 0 Å². The van der Waals surface area contributed by atoms with Gasteiger partial charge in [-0.05, 0) is 11.6 Å². The Morgan fingerprint density at radius 2 is 1.82 bits per heavy atom. The molecule has 2 heteroatoms. The van der Waals surface area contributed by atoms with Crippen molar-refractivity contribution in [3.63, 3.8) is 0 Å². The molecule has 1 heterocycles. The SMILES string of the molecule is C[n+]1ccccc1SCC=Cc1ccccc1. The van der Waals surface area contributed by atoms with Crippen LogP contribution in [0.1, 0.15) is 5.56 Å². The van der Waals surface area contributed by atoms with Crippen LogP contribution in [-0.4, -0.2) is 5.75 Å². The number of aromatic nitrogens is 1. The standard InChI is InChI=1S/C15H16NS/c1-16-12-6-5-11-15(16)17-13-7-10-14-8-3-2-4-9-14/h2-12H,13H2,1H3/q+1. The van der Waals surface area contributed by atoms with Crippen LogP contribution in [0, 0.1) is 0 Å². The average Bonchev–Trinajstić information content (AvgIpc) is 2.38. The topological polar surface area (TPSA) is 3.88 Å². The van der Waals surface area contributed by atoms with Gasteiger partial charge in [-0.3, -0.25) is 0 Å². The van der Waals surface area contributed by atoms with Gasteiger partial charge in [-0.1, -0.05) is 54.2 Å². The number of hydrogen-bond donors (Lipinski definition) is 0. The van der Waals surface area contributed by atoms with Gasteiger partial charge in [0.05, 0.1) is 0 Å². The van der Waals surface area contributed by atoms with Gasteiger partial charge in [0, 0.05) is 17.9 Å². The number of thioether (sulfide) groups is 1. The fraction of sp³-hybridized carbons (Fsp3) is 0.133. The molecule has 0 aliphatic rings. The van der Waals surface area contributed by atoms with E-state index in [0.717, 1.165) is 5.75 Å². The molecule has 0 fully saturated rings. The van der Waals surface area contributed by atoms with Crippen molar-refractivity contribution in [2.75, 3.05) is 5.75 Å². The molecule has 0 spiro atoms. The van der Waals surface area contributed by atoms with Crippen LogP contribution in [0.25, 0.3) is 6.08 Å². The molecule has 2 rings (SSSR count). The molecule has 17 heavy (non-hydrogen) atoms. The lowest BCUT2D eigenvalue weighted by Crippen LogP contribution is -2.29. The summed E-state index contributed by atoms with van der Waals surface area (Å²) in [5, 5.41) is 1.28. The molecule has 1 nitrogen and oxygen atoms in total. The van der Waals surface area contributed by atoms with Crippen LogP contribution in [-0.2, 0) is 7.05 Å². The first-order chi connectivity index (χ1) is 8.36. The van der Waals surface area contributed by atoms with Crippen LogP contribution < -0.4 is 4.57 Å². The van der Waals surface area contributed by atoms with Crippen molar-refractivity contribution in [2.24, 2.45) is 7.05 Å². The molecule has 0 amide bonds. The molecule has 2 aromatic rings. The summed E-state index contributed by atoms with van der Waals surface area (Å²) in [4.78, 5) is 0. The van der Waals surface area contributed by atoms with Gasteiger partial charge >= 0.3 is 0 Å². The van der Waals surface area contributed by atoms with Gasteiger partial charge in [0.1, 0.15) is 7.05 Å². The molecule has 0 aliphatic carbocycles. The Balaban J connectivity index is 1.88. The quantitative estimate of drug-likeness (QED) is 0.587. The maximum Gasteiger partial charge on any atom is 0.240 e. The minimum Gasteiger partial charge on any atom is -0.196 e. The molecule has 0 N–H and O–H groups in total. The smallest absolute Gasteiger partial charge is 0.196 e. The van der Waals surface area contributed by atoms with Crippen molar-refractivity contribution in [3.8, 4) is 0 Å². The Morgan fingerprint density at radius 1 is 1.06 bits per heavy atom. The van der Waals surface area contributed by atoms with E-state index in [1.54, 1.807) is 0 Å². The van der Waals surface area contributed by atoms with Crippen LogP contribution >= 0.6 is 11.8 Å². The summed E-state index contributed by atoms with van der Waals surface area (Å²) in [5.74, 6) is 0.993. The Labute approximate surface area is 107 Å². The van der Waals surface area contributed by atoms with Crippen LogP contribution in [0.4, 0.5) is 0 Å². The van der Waals surface area contributed by atoms with E-state index >= 15 is 0 Å². The highest BCUT2D eigenvalue weighted by molar-refractivity contribution is 7.99. The van der Waals surface area contributed by atoms with E-state index in [2.05, 4.69) is 66.4 Å². The molecule has 0 unspecified atom stereocenters. The first kappa shape index (κ1) is 11.9. The Hall–Kier alpha value is -1.54. The van der Waals surface area contributed by atoms with Crippen LogP contribution in [0.15, 0.2) is 65.8 Å². The zero-order valence-corrected chi connectivity index (χ0v) is 10.7. The van der Waals surface area contributed by atoms with Crippen molar-refractivity contribution in [3.05, 3.63) is 66.4 Å². The highest BCUT2D eigenvalue weighted by atomic mass is 32.2. The molecule has 0 aliphatic heterocycles. The van der Waals surface area contributed by atoms with Gasteiger partial charge in [-0.15, -0.1) is 0 Å². The fourth-order valence-corrected chi connectivity index (χ4v) is 2.34. The highest BCUT2D eigenvalue weighted by Gasteiger charge is 2.02. The Morgan fingerprint density at radius 3 is 2.59 bits per heavy atom. The lowest BCUT2D eigenvalue weighted by molar-refractivity contribution is -0.708. The van der Waals surface area contributed by atoms with Gasteiger partial charge in [0.15, 0.2) is 6.20 Å². The number of nitrogens with zero attached hydrogens (tertiary/aromatic N) is 1. The number of pyridine rings is 1. The number of benzene rings is 1. The zero-order valence-electron chi connectivity index (χ0n) is 9.91. The summed E-state index contributed by atoms with van der Waals surface area (Å²) >= 11 is 1.84. The molecule has 0 atom stereocenters. The zero-order chi connectivity index (χ0) is 11.9. The summed E-state index contributed by atoms with van der Waals surface area (Å²) < 4.78 is 2.14. The normalized spacial score (nSPS) is 10.9. The maximum absolute atomic E-state index is 2.20. The van der Waals surface area contributed by atoms with E-state index in [4.69, 9.17) is 0 Å². The van der Waals surface area contributed by atoms with Gasteiger partial charge < -0.3 is 0 Å². The van der Waals surface area contributed by atoms with Crippen molar-refractivity contribution < 1.29 is 4.57 Å². The largest absolute Gasteiger partial charge is 0.240 e. The maximum atomic E-state index is 2.20. The molecule has 0 bridgehead atoms. The highest BCUT2D eigenvalue weighted by Crippen LogP contribution is 2.13. The molecule has 1 aromatic heterocycles. The third-order valence-corrected chi connectivity index (χ3v) is 3.52. The van der Waals surface area contributed by atoms with E-state index < -0.39 is 0 Å². The minimum absolute atomic E-state index is 0.993. The van der Waals surface area contributed by atoms with Crippen LogP contribution in [0.5, 0.6) is 0 Å². The van der Waals surface area contributed by atoms with E-state index in [-0.39, 0.29) is 0 Å². The Bertz CT molecular complexity index is 491. The van der Waals surface area contributed by atoms with Gasteiger partial charge in [0.25, 0.3) is 0 Å². The van der Waals surface area contributed by atoms with E-state index in [1.807, 2.05) is 23.9 Å². The summed E-state index contributed by atoms with van der Waals surface area (Å²) in [6.07, 6.45) is 6.44. The van der Waals surface area contributed by atoms with Crippen molar-refractivity contribution in [1.82, 2.24) is 0 Å². The van der Waals surface area contributed by atoms with Gasteiger partial charge in [-0.2, -0.15) is 4.57 Å². The lowest BCUT2D eigenvalue weighted by atomic mass is 10.2. The van der Waals surface area contributed by atoms with Crippen molar-refractivity contribution >= 4 is 17.8 Å². The summed E-state index contributed by atoms with van der Waals surface area (Å²) in [7, 11) is 2.07. The van der Waals surface area contributed by atoms with Gasteiger partial charge in [0.2, 0.25) is 5.03 Å². The van der Waals surface area contributed by atoms with Crippen molar-refractivity contribution in [2.45, 2.75) is 5.03 Å². The summed E-state index contributed by atoms with van der Waals surface area (Å²) in [6, 6.07) is 16.6. The average molecular weight is 242 g/mol. The van der Waals surface area contributed by atoms with Crippen LogP contribution in [0.3, 0.4) is 0 Å². The molecular formula is C15H16NS+. The molecule has 0 saturated carbocycles. The third-order valence-electron chi connectivity index (χ3n) is 2.44. The monoisotopic (exact) mass is 242 g/mol.